The molecular formula is C10H20N4O. The number of methoxy groups -OCH3 is 1. The van der Waals surface area contributed by atoms with Crippen LogP contribution in [0.4, 0.5) is 0 Å². The Balaban J connectivity index is 2.62. The number of rotatable bonds is 6. The van der Waals surface area contributed by atoms with Crippen LogP contribution in [0.15, 0.2) is 6.33 Å². The zero-order chi connectivity index (χ0) is 11.3. The molecule has 2 N–H and O–H groups in total. The van der Waals surface area contributed by atoms with Gasteiger partial charge < -0.3 is 15.0 Å². The van der Waals surface area contributed by atoms with Gasteiger partial charge in [-0.25, -0.2) is 0 Å². The van der Waals surface area contributed by atoms with Crippen LogP contribution in [0.2, 0.25) is 0 Å². The van der Waals surface area contributed by atoms with Crippen molar-refractivity contribution in [2.45, 2.75) is 32.9 Å². The molecule has 15 heavy (non-hydrogen) atoms. The number of nitrogens with two attached hydrogens (primary N) is 1. The molecule has 5 heteroatoms. The molecule has 0 radical (unpaired) electrons. The molecule has 0 unspecified atom stereocenters. The van der Waals surface area contributed by atoms with Crippen molar-refractivity contribution in [1.29, 1.82) is 0 Å². The molecule has 0 aliphatic carbocycles. The first-order valence-electron chi connectivity index (χ1n) is 5.27. The summed E-state index contributed by atoms with van der Waals surface area (Å²) in [7, 11) is 1.68. The van der Waals surface area contributed by atoms with E-state index in [4.69, 9.17) is 10.5 Å². The Morgan fingerprint density at radius 1 is 1.53 bits per heavy atom. The number of nitrogens with zero attached hydrogens (tertiary/aromatic N) is 3. The van der Waals surface area contributed by atoms with Crippen molar-refractivity contribution < 1.29 is 4.74 Å². The van der Waals surface area contributed by atoms with Crippen LogP contribution in [0, 0.1) is 5.92 Å². The zero-order valence-corrected chi connectivity index (χ0v) is 9.68. The van der Waals surface area contributed by atoms with Crippen LogP contribution in [0.5, 0.6) is 0 Å². The largest absolute Gasteiger partial charge is 0.383 e. The fourth-order valence-corrected chi connectivity index (χ4v) is 1.53. The molecule has 0 aliphatic heterocycles. The van der Waals surface area contributed by atoms with E-state index in [2.05, 4.69) is 24.0 Å². The molecule has 5 nitrogen and oxygen atoms in total. The highest BCUT2D eigenvalue weighted by atomic mass is 16.5. The molecule has 0 bridgehead atoms. The first kappa shape index (κ1) is 12.1. The van der Waals surface area contributed by atoms with Crippen LogP contribution < -0.4 is 5.73 Å². The van der Waals surface area contributed by atoms with Gasteiger partial charge in [-0.2, -0.15) is 0 Å². The van der Waals surface area contributed by atoms with Crippen LogP contribution in [-0.4, -0.2) is 28.5 Å². The fourth-order valence-electron chi connectivity index (χ4n) is 1.53. The first-order valence-corrected chi connectivity index (χ1v) is 5.27. The second-order valence-corrected chi connectivity index (χ2v) is 4.11. The minimum Gasteiger partial charge on any atom is -0.383 e. The first-order chi connectivity index (χ1) is 7.15. The third kappa shape index (κ3) is 3.60. The van der Waals surface area contributed by atoms with E-state index < -0.39 is 0 Å². The van der Waals surface area contributed by atoms with Gasteiger partial charge in [0, 0.05) is 13.7 Å². The highest BCUT2D eigenvalue weighted by Crippen LogP contribution is 2.16. The molecule has 0 fully saturated rings. The van der Waals surface area contributed by atoms with Crippen LogP contribution >= 0.6 is 0 Å². The van der Waals surface area contributed by atoms with E-state index in [0.717, 1.165) is 18.8 Å². The van der Waals surface area contributed by atoms with E-state index >= 15 is 0 Å². The lowest BCUT2D eigenvalue weighted by atomic mass is 10.0. The second kappa shape index (κ2) is 5.82. The lowest BCUT2D eigenvalue weighted by Gasteiger charge is -2.14. The molecule has 1 aromatic heterocycles. The average molecular weight is 212 g/mol. The van der Waals surface area contributed by atoms with Crippen LogP contribution in [-0.2, 0) is 11.3 Å². The van der Waals surface area contributed by atoms with Gasteiger partial charge in [0.25, 0.3) is 0 Å². The number of hydrogen-bond donors (Lipinski definition) is 1. The van der Waals surface area contributed by atoms with Gasteiger partial charge in [0.2, 0.25) is 0 Å². The zero-order valence-electron chi connectivity index (χ0n) is 9.68. The Labute approximate surface area is 90.6 Å². The Bertz CT molecular complexity index is 285. The number of hydrogen-bond acceptors (Lipinski definition) is 4. The summed E-state index contributed by atoms with van der Waals surface area (Å²) in [4.78, 5) is 0. The molecule has 0 saturated carbocycles. The Morgan fingerprint density at radius 3 is 2.87 bits per heavy atom. The summed E-state index contributed by atoms with van der Waals surface area (Å²) in [6.07, 6.45) is 2.63. The predicted molar refractivity (Wildman–Crippen MR) is 58.3 cm³/mol. The van der Waals surface area contributed by atoms with Crippen molar-refractivity contribution >= 4 is 0 Å². The second-order valence-electron chi connectivity index (χ2n) is 4.11. The summed E-state index contributed by atoms with van der Waals surface area (Å²) in [6, 6.07) is -0.0376. The Morgan fingerprint density at radius 2 is 2.27 bits per heavy atom. The van der Waals surface area contributed by atoms with E-state index in [1.807, 2.05) is 4.57 Å². The van der Waals surface area contributed by atoms with E-state index in [1.54, 1.807) is 13.4 Å². The van der Waals surface area contributed by atoms with Crippen LogP contribution in [0.1, 0.15) is 32.1 Å². The van der Waals surface area contributed by atoms with Gasteiger partial charge in [-0.05, 0) is 12.3 Å². The van der Waals surface area contributed by atoms with Crippen molar-refractivity contribution in [3.8, 4) is 0 Å². The van der Waals surface area contributed by atoms with Crippen molar-refractivity contribution in [3.63, 3.8) is 0 Å². The number of ether oxygens (including phenoxy) is 1. The van der Waals surface area contributed by atoms with Gasteiger partial charge >= 0.3 is 0 Å². The molecule has 1 aromatic rings. The standard InChI is InChI=1S/C10H20N4O/c1-8(2)6-9(11)10-13-12-7-14(10)4-5-15-3/h7-9H,4-6,11H2,1-3H3/t9-/m0/s1. The Kier molecular flexibility index (Phi) is 4.71. The average Bonchev–Trinajstić information content (AvgIpc) is 2.61. The maximum atomic E-state index is 6.05. The van der Waals surface area contributed by atoms with E-state index in [9.17, 15) is 0 Å². The highest BCUT2D eigenvalue weighted by molar-refractivity contribution is 4.93. The van der Waals surface area contributed by atoms with Crippen molar-refractivity contribution in [2.75, 3.05) is 13.7 Å². The third-order valence-corrected chi connectivity index (χ3v) is 2.24. The topological polar surface area (TPSA) is 66.0 Å². The molecule has 1 heterocycles. The molecule has 86 valence electrons. The lowest BCUT2D eigenvalue weighted by Crippen LogP contribution is -2.19. The molecule has 0 spiro atoms. The molecule has 0 amide bonds. The molecule has 1 atom stereocenters. The van der Waals surface area contributed by atoms with Crippen LogP contribution in [0.3, 0.4) is 0 Å². The smallest absolute Gasteiger partial charge is 0.149 e. The summed E-state index contributed by atoms with van der Waals surface area (Å²) in [6.45, 7) is 5.70. The quantitative estimate of drug-likeness (QED) is 0.763. The van der Waals surface area contributed by atoms with Crippen LogP contribution in [0.25, 0.3) is 0 Å². The molecule has 0 aromatic carbocycles. The van der Waals surface area contributed by atoms with Crippen molar-refractivity contribution in [2.24, 2.45) is 11.7 Å². The molecule has 0 aliphatic rings. The molecule has 0 saturated heterocycles. The van der Waals surface area contributed by atoms with Gasteiger partial charge in [0.05, 0.1) is 12.6 Å². The van der Waals surface area contributed by atoms with Crippen molar-refractivity contribution in [3.05, 3.63) is 12.2 Å². The summed E-state index contributed by atoms with van der Waals surface area (Å²) in [5.74, 6) is 1.41. The van der Waals surface area contributed by atoms with Gasteiger partial charge in [0.1, 0.15) is 12.2 Å². The van der Waals surface area contributed by atoms with Gasteiger partial charge in [-0.3, -0.25) is 0 Å². The normalized spacial score (nSPS) is 13.4. The van der Waals surface area contributed by atoms with Gasteiger partial charge in [0.15, 0.2) is 0 Å². The Hall–Kier alpha value is -0.940. The summed E-state index contributed by atoms with van der Waals surface area (Å²) in [5, 5.41) is 7.94. The highest BCUT2D eigenvalue weighted by Gasteiger charge is 2.14. The van der Waals surface area contributed by atoms with Gasteiger partial charge in [-0.1, -0.05) is 13.8 Å². The molecular weight excluding hydrogens is 192 g/mol. The number of aromatic nitrogens is 3. The summed E-state index contributed by atoms with van der Waals surface area (Å²) >= 11 is 0. The maximum absolute atomic E-state index is 6.05. The fraction of sp³-hybridized carbons (Fsp3) is 0.800. The lowest BCUT2D eigenvalue weighted by molar-refractivity contribution is 0.185. The van der Waals surface area contributed by atoms with E-state index in [1.165, 1.54) is 0 Å². The minimum atomic E-state index is -0.0376. The maximum Gasteiger partial charge on any atom is 0.149 e. The van der Waals surface area contributed by atoms with E-state index in [0.29, 0.717) is 12.5 Å². The SMILES string of the molecule is COCCn1cnnc1[C@@H](N)CC(C)C. The summed E-state index contributed by atoms with van der Waals surface area (Å²) < 4.78 is 6.97. The monoisotopic (exact) mass is 212 g/mol. The minimum absolute atomic E-state index is 0.0376. The summed E-state index contributed by atoms with van der Waals surface area (Å²) in [5.41, 5.74) is 6.05. The molecule has 1 rings (SSSR count). The van der Waals surface area contributed by atoms with Gasteiger partial charge in [-0.15, -0.1) is 10.2 Å². The van der Waals surface area contributed by atoms with Crippen molar-refractivity contribution in [1.82, 2.24) is 14.8 Å². The van der Waals surface area contributed by atoms with E-state index in [-0.39, 0.29) is 6.04 Å². The third-order valence-electron chi connectivity index (χ3n) is 2.24. The predicted octanol–water partition coefficient (Wildman–Crippen LogP) is 0.970.